The fraction of sp³-hybridized carbons (Fsp3) is 0.174. The maximum Gasteiger partial charge on any atom is 0.319 e. The molecule has 8 heteroatoms. The van der Waals surface area contributed by atoms with Gasteiger partial charge >= 0.3 is 6.03 Å². The average molecular weight is 432 g/mol. The number of aromatic nitrogens is 2. The van der Waals surface area contributed by atoms with E-state index in [0.29, 0.717) is 22.3 Å². The first-order valence-electron chi connectivity index (χ1n) is 10.1. The monoisotopic (exact) mass is 431 g/mol. The number of rotatable bonds is 5. The lowest BCUT2D eigenvalue weighted by atomic mass is 10.2. The molecule has 0 atom stereocenters. The summed E-state index contributed by atoms with van der Waals surface area (Å²) in [4.78, 5) is 26.2. The van der Waals surface area contributed by atoms with Crippen LogP contribution in [0.25, 0.3) is 15.9 Å². The van der Waals surface area contributed by atoms with Crippen molar-refractivity contribution in [3.63, 3.8) is 0 Å². The van der Waals surface area contributed by atoms with Crippen LogP contribution in [0, 0.1) is 6.92 Å². The zero-order valence-corrected chi connectivity index (χ0v) is 17.7. The molecule has 1 saturated carbocycles. The highest BCUT2D eigenvalue weighted by atomic mass is 32.1. The molecule has 0 bridgehead atoms. The number of nitrogens with zero attached hydrogens (tertiary/aromatic N) is 2. The molecule has 7 nitrogen and oxygen atoms in total. The number of thiophene rings is 1. The maximum absolute atomic E-state index is 12.8. The number of amides is 3. The van der Waals surface area contributed by atoms with Gasteiger partial charge in [-0.05, 0) is 62.2 Å². The van der Waals surface area contributed by atoms with Gasteiger partial charge in [0, 0.05) is 22.8 Å². The number of benzene rings is 2. The first kappa shape index (κ1) is 19.3. The molecule has 156 valence electrons. The van der Waals surface area contributed by atoms with E-state index >= 15 is 0 Å². The number of urea groups is 1. The van der Waals surface area contributed by atoms with Crippen molar-refractivity contribution < 1.29 is 9.59 Å². The molecule has 3 amide bonds. The molecule has 1 aliphatic carbocycles. The fourth-order valence-electron chi connectivity index (χ4n) is 3.31. The highest BCUT2D eigenvalue weighted by Gasteiger charge is 2.23. The second-order valence-corrected chi connectivity index (χ2v) is 8.60. The third kappa shape index (κ3) is 4.15. The van der Waals surface area contributed by atoms with Crippen LogP contribution in [0.3, 0.4) is 0 Å². The number of aryl methyl sites for hydroxylation is 1. The summed E-state index contributed by atoms with van der Waals surface area (Å²) in [6.45, 7) is 1.95. The van der Waals surface area contributed by atoms with Gasteiger partial charge in [0.1, 0.15) is 4.83 Å². The molecule has 2 aromatic carbocycles. The number of anilines is 2. The van der Waals surface area contributed by atoms with Crippen molar-refractivity contribution in [1.82, 2.24) is 15.1 Å². The Balaban J connectivity index is 1.30. The van der Waals surface area contributed by atoms with Crippen LogP contribution in [0.2, 0.25) is 0 Å². The van der Waals surface area contributed by atoms with E-state index in [1.807, 2.05) is 48.0 Å². The second kappa shape index (κ2) is 7.88. The van der Waals surface area contributed by atoms with Crippen molar-refractivity contribution in [2.75, 3.05) is 10.6 Å². The number of hydrogen-bond acceptors (Lipinski definition) is 4. The van der Waals surface area contributed by atoms with E-state index in [9.17, 15) is 9.59 Å². The van der Waals surface area contributed by atoms with Crippen LogP contribution in [0.15, 0.2) is 60.7 Å². The summed E-state index contributed by atoms with van der Waals surface area (Å²) in [6.07, 6.45) is 2.08. The van der Waals surface area contributed by atoms with Gasteiger partial charge in [-0.1, -0.05) is 18.2 Å². The van der Waals surface area contributed by atoms with Crippen molar-refractivity contribution in [3.05, 3.63) is 71.2 Å². The fourth-order valence-corrected chi connectivity index (χ4v) is 4.39. The molecule has 0 spiro atoms. The molecule has 3 N–H and O–H groups in total. The first-order chi connectivity index (χ1) is 15.1. The highest BCUT2D eigenvalue weighted by Crippen LogP contribution is 2.31. The lowest BCUT2D eigenvalue weighted by Crippen LogP contribution is -2.30. The molecule has 2 heterocycles. The van der Waals surface area contributed by atoms with Crippen molar-refractivity contribution in [1.29, 1.82) is 0 Å². The minimum absolute atomic E-state index is 0.174. The first-order valence-corrected chi connectivity index (χ1v) is 10.9. The third-order valence-electron chi connectivity index (χ3n) is 5.08. The molecule has 31 heavy (non-hydrogen) atoms. The Morgan fingerprint density at radius 1 is 1.00 bits per heavy atom. The van der Waals surface area contributed by atoms with Gasteiger partial charge in [0.2, 0.25) is 0 Å². The molecule has 2 aromatic heterocycles. The molecule has 0 saturated heterocycles. The Kier molecular flexibility index (Phi) is 4.91. The SMILES string of the molecule is Cc1nn(-c2ccccc2)c2sc(C(=O)Nc3ccc(NC(=O)NC4CC4)cc3)cc12. The standard InChI is InChI=1S/C23H21N5O2S/c1-14-19-13-20(31-22(19)28(27-14)18-5-3-2-4-6-18)21(29)24-15-7-9-16(10-8-15)25-23(30)26-17-11-12-17/h2-10,13,17H,11-12H2,1H3,(H,24,29)(H2,25,26,30). The molecule has 1 fully saturated rings. The van der Waals surface area contributed by atoms with Crippen LogP contribution in [-0.2, 0) is 0 Å². The summed E-state index contributed by atoms with van der Waals surface area (Å²) in [6, 6.07) is 18.9. The minimum atomic E-state index is -0.201. The van der Waals surface area contributed by atoms with Gasteiger partial charge in [0.05, 0.1) is 16.3 Å². The van der Waals surface area contributed by atoms with Crippen LogP contribution in [0.4, 0.5) is 16.2 Å². The number of fused-ring (bicyclic) bond motifs is 1. The number of carbonyl (C=O) groups is 2. The predicted octanol–water partition coefficient (Wildman–Crippen LogP) is 4.93. The van der Waals surface area contributed by atoms with Gasteiger partial charge in [0.15, 0.2) is 0 Å². The predicted molar refractivity (Wildman–Crippen MR) is 123 cm³/mol. The normalized spacial score (nSPS) is 13.2. The molecule has 0 radical (unpaired) electrons. The van der Waals surface area contributed by atoms with E-state index < -0.39 is 0 Å². The maximum atomic E-state index is 12.8. The summed E-state index contributed by atoms with van der Waals surface area (Å²) in [5.74, 6) is -0.174. The number of carbonyl (C=O) groups excluding carboxylic acids is 2. The van der Waals surface area contributed by atoms with Gasteiger partial charge in [-0.25, -0.2) is 9.48 Å². The summed E-state index contributed by atoms with van der Waals surface area (Å²) in [5.41, 5.74) is 3.19. The van der Waals surface area contributed by atoms with E-state index in [4.69, 9.17) is 0 Å². The lowest BCUT2D eigenvalue weighted by molar-refractivity contribution is 0.103. The van der Waals surface area contributed by atoms with Crippen molar-refractivity contribution in [2.45, 2.75) is 25.8 Å². The van der Waals surface area contributed by atoms with E-state index in [0.717, 1.165) is 34.4 Å². The van der Waals surface area contributed by atoms with Gasteiger partial charge in [-0.3, -0.25) is 4.79 Å². The zero-order valence-electron chi connectivity index (χ0n) is 16.9. The minimum Gasteiger partial charge on any atom is -0.335 e. The molecule has 0 aliphatic heterocycles. The topological polar surface area (TPSA) is 88.1 Å². The van der Waals surface area contributed by atoms with Crippen LogP contribution in [0.5, 0.6) is 0 Å². The quantitative estimate of drug-likeness (QED) is 0.419. The van der Waals surface area contributed by atoms with E-state index in [2.05, 4.69) is 21.0 Å². The summed E-state index contributed by atoms with van der Waals surface area (Å²) < 4.78 is 1.87. The number of nitrogens with one attached hydrogen (secondary N) is 3. The van der Waals surface area contributed by atoms with Crippen molar-refractivity contribution in [3.8, 4) is 5.69 Å². The molecule has 0 unspecified atom stereocenters. The second-order valence-electron chi connectivity index (χ2n) is 7.57. The molecule has 1 aliphatic rings. The van der Waals surface area contributed by atoms with Gasteiger partial charge in [0.25, 0.3) is 5.91 Å². The van der Waals surface area contributed by atoms with E-state index in [1.165, 1.54) is 11.3 Å². The zero-order chi connectivity index (χ0) is 21.4. The molecule has 5 rings (SSSR count). The average Bonchev–Trinajstić information content (AvgIpc) is 3.37. The summed E-state index contributed by atoms with van der Waals surface area (Å²) >= 11 is 1.41. The Morgan fingerprint density at radius 2 is 1.68 bits per heavy atom. The van der Waals surface area contributed by atoms with E-state index in [1.54, 1.807) is 24.3 Å². The van der Waals surface area contributed by atoms with Gasteiger partial charge in [-0.15, -0.1) is 11.3 Å². The van der Waals surface area contributed by atoms with Crippen molar-refractivity contribution >= 4 is 44.9 Å². The summed E-state index contributed by atoms with van der Waals surface area (Å²) in [5, 5.41) is 14.2. The Labute approximate surface area is 183 Å². The van der Waals surface area contributed by atoms with Crippen LogP contribution < -0.4 is 16.0 Å². The van der Waals surface area contributed by atoms with Gasteiger partial charge < -0.3 is 16.0 Å². The Morgan fingerprint density at radius 3 is 2.35 bits per heavy atom. The van der Waals surface area contributed by atoms with Crippen LogP contribution >= 0.6 is 11.3 Å². The molecular formula is C23H21N5O2S. The van der Waals surface area contributed by atoms with Crippen LogP contribution in [-0.4, -0.2) is 27.8 Å². The third-order valence-corrected chi connectivity index (χ3v) is 6.19. The summed E-state index contributed by atoms with van der Waals surface area (Å²) in [7, 11) is 0. The Bertz CT molecular complexity index is 1260. The highest BCUT2D eigenvalue weighted by molar-refractivity contribution is 7.20. The van der Waals surface area contributed by atoms with Crippen LogP contribution in [0.1, 0.15) is 28.2 Å². The van der Waals surface area contributed by atoms with Gasteiger partial charge in [-0.2, -0.15) is 5.10 Å². The molecule has 4 aromatic rings. The Hall–Kier alpha value is -3.65. The lowest BCUT2D eigenvalue weighted by Gasteiger charge is -2.08. The smallest absolute Gasteiger partial charge is 0.319 e. The van der Waals surface area contributed by atoms with Crippen molar-refractivity contribution in [2.24, 2.45) is 0 Å². The molecular weight excluding hydrogens is 410 g/mol. The largest absolute Gasteiger partial charge is 0.335 e. The number of hydrogen-bond donors (Lipinski definition) is 3. The number of para-hydroxylation sites is 1. The van der Waals surface area contributed by atoms with E-state index in [-0.39, 0.29) is 11.9 Å².